The molecule has 0 radical (unpaired) electrons. The number of aryl methyl sites for hydroxylation is 2. The number of carbonyl (C=O) groups excluding carboxylic acids is 1. The number of sulfonamides is 1. The second-order valence-electron chi connectivity index (χ2n) is 6.31. The predicted octanol–water partition coefficient (Wildman–Crippen LogP) is 2.96. The zero-order valence-electron chi connectivity index (χ0n) is 14.7. The van der Waals surface area contributed by atoms with Gasteiger partial charge in [-0.2, -0.15) is 0 Å². The van der Waals surface area contributed by atoms with Crippen molar-refractivity contribution in [3.05, 3.63) is 53.1 Å². The summed E-state index contributed by atoms with van der Waals surface area (Å²) in [5.41, 5.74) is 9.96. The van der Waals surface area contributed by atoms with Crippen molar-refractivity contribution < 1.29 is 13.2 Å². The van der Waals surface area contributed by atoms with Crippen LogP contribution >= 0.6 is 12.4 Å². The van der Waals surface area contributed by atoms with E-state index in [9.17, 15) is 13.2 Å². The molecule has 2 aromatic carbocycles. The summed E-state index contributed by atoms with van der Waals surface area (Å²) < 4.78 is 25.2. The Morgan fingerprint density at radius 1 is 1.19 bits per heavy atom. The quantitative estimate of drug-likeness (QED) is 0.781. The number of benzene rings is 2. The van der Waals surface area contributed by atoms with Crippen molar-refractivity contribution in [1.29, 1.82) is 0 Å². The molecule has 0 saturated carbocycles. The average Bonchev–Trinajstić information content (AvgIpc) is 2.56. The monoisotopic (exact) mass is 395 g/mol. The molecule has 0 bridgehead atoms. The Labute approximate surface area is 159 Å². The number of nitrogens with one attached hydrogen (secondary N) is 1. The first-order chi connectivity index (χ1) is 11.8. The van der Waals surface area contributed by atoms with Crippen LogP contribution in [0.25, 0.3) is 0 Å². The van der Waals surface area contributed by atoms with Gasteiger partial charge in [0.2, 0.25) is 10.0 Å². The lowest BCUT2D eigenvalue weighted by atomic mass is 10.0. The second kappa shape index (κ2) is 7.55. The molecule has 0 spiro atoms. The Balaban J connectivity index is 0.00000243. The Bertz CT molecular complexity index is 945. The molecular formula is C18H22ClN3O3S. The molecule has 0 fully saturated rings. The Morgan fingerprint density at radius 3 is 2.62 bits per heavy atom. The van der Waals surface area contributed by atoms with Gasteiger partial charge in [0.1, 0.15) is 0 Å². The van der Waals surface area contributed by atoms with Crippen molar-refractivity contribution >= 4 is 45.4 Å². The van der Waals surface area contributed by atoms with Gasteiger partial charge in [-0.3, -0.25) is 9.10 Å². The summed E-state index contributed by atoms with van der Waals surface area (Å²) in [6.07, 6.45) is 2.69. The highest BCUT2D eigenvalue weighted by Gasteiger charge is 2.24. The summed E-state index contributed by atoms with van der Waals surface area (Å²) in [4.78, 5) is 12.6. The van der Waals surface area contributed by atoms with Crippen LogP contribution in [0.4, 0.5) is 17.1 Å². The number of nitrogen functional groups attached to an aromatic ring is 1. The highest BCUT2D eigenvalue weighted by molar-refractivity contribution is 7.92. The van der Waals surface area contributed by atoms with Crippen LogP contribution in [-0.2, 0) is 16.4 Å². The van der Waals surface area contributed by atoms with Gasteiger partial charge in [-0.05, 0) is 61.2 Å². The maximum atomic E-state index is 12.6. The summed E-state index contributed by atoms with van der Waals surface area (Å²) in [5, 5.41) is 2.86. The van der Waals surface area contributed by atoms with E-state index in [2.05, 4.69) is 5.32 Å². The third-order valence-electron chi connectivity index (χ3n) is 4.33. The first-order valence-electron chi connectivity index (χ1n) is 8.04. The highest BCUT2D eigenvalue weighted by atomic mass is 35.5. The maximum absolute atomic E-state index is 12.6. The van der Waals surface area contributed by atoms with Gasteiger partial charge in [-0.15, -0.1) is 12.4 Å². The highest BCUT2D eigenvalue weighted by Crippen LogP contribution is 2.30. The molecule has 2 aromatic rings. The molecule has 140 valence electrons. The van der Waals surface area contributed by atoms with Gasteiger partial charge in [0.05, 0.1) is 11.9 Å². The SMILES string of the molecule is Cc1ccc(N)cc1NC(=O)c1ccc2c(c1)CCCN2S(C)(=O)=O.Cl. The van der Waals surface area contributed by atoms with Crippen molar-refractivity contribution in [1.82, 2.24) is 0 Å². The van der Waals surface area contributed by atoms with E-state index in [1.165, 1.54) is 10.6 Å². The van der Waals surface area contributed by atoms with E-state index in [-0.39, 0.29) is 18.3 Å². The minimum Gasteiger partial charge on any atom is -0.399 e. The van der Waals surface area contributed by atoms with Gasteiger partial charge < -0.3 is 11.1 Å². The van der Waals surface area contributed by atoms with Gasteiger partial charge in [-0.25, -0.2) is 8.42 Å². The van der Waals surface area contributed by atoms with Gasteiger partial charge in [-0.1, -0.05) is 6.07 Å². The number of rotatable bonds is 3. The summed E-state index contributed by atoms with van der Waals surface area (Å²) in [6, 6.07) is 10.5. The standard InChI is InChI=1S/C18H21N3O3S.ClH/c1-12-5-7-15(19)11-16(12)20-18(22)14-6-8-17-13(10-14)4-3-9-21(17)25(2,23)24;/h5-8,10-11H,3-4,9,19H2,1-2H3,(H,20,22);1H. The number of halogens is 1. The summed E-state index contributed by atoms with van der Waals surface area (Å²) in [5.74, 6) is -0.243. The van der Waals surface area contributed by atoms with Crippen molar-refractivity contribution in [3.63, 3.8) is 0 Å². The van der Waals surface area contributed by atoms with Gasteiger partial charge in [0.15, 0.2) is 0 Å². The smallest absolute Gasteiger partial charge is 0.255 e. The molecule has 1 amide bonds. The third kappa shape index (κ3) is 4.11. The second-order valence-corrected chi connectivity index (χ2v) is 8.22. The van der Waals surface area contributed by atoms with Gasteiger partial charge >= 0.3 is 0 Å². The van der Waals surface area contributed by atoms with Crippen LogP contribution in [0.2, 0.25) is 0 Å². The molecule has 26 heavy (non-hydrogen) atoms. The average molecular weight is 396 g/mol. The van der Waals surface area contributed by atoms with E-state index >= 15 is 0 Å². The Hall–Kier alpha value is -2.25. The minimum atomic E-state index is -3.31. The van der Waals surface area contributed by atoms with E-state index in [1.807, 2.05) is 13.0 Å². The number of anilines is 3. The molecule has 0 saturated heterocycles. The van der Waals surface area contributed by atoms with Crippen LogP contribution < -0.4 is 15.4 Å². The number of nitrogens with zero attached hydrogens (tertiary/aromatic N) is 1. The molecule has 1 heterocycles. The van der Waals surface area contributed by atoms with Crippen LogP contribution in [0, 0.1) is 6.92 Å². The molecule has 8 heteroatoms. The lowest BCUT2D eigenvalue weighted by Gasteiger charge is -2.29. The lowest BCUT2D eigenvalue weighted by Crippen LogP contribution is -2.34. The van der Waals surface area contributed by atoms with E-state index in [4.69, 9.17) is 5.73 Å². The van der Waals surface area contributed by atoms with Crippen LogP contribution in [0.5, 0.6) is 0 Å². The summed E-state index contributed by atoms with van der Waals surface area (Å²) >= 11 is 0. The molecular weight excluding hydrogens is 374 g/mol. The van der Waals surface area contributed by atoms with Crippen LogP contribution in [0.15, 0.2) is 36.4 Å². The van der Waals surface area contributed by atoms with Crippen LogP contribution in [0.3, 0.4) is 0 Å². The zero-order valence-corrected chi connectivity index (χ0v) is 16.3. The molecule has 1 aliphatic rings. The minimum absolute atomic E-state index is 0. The molecule has 0 unspecified atom stereocenters. The maximum Gasteiger partial charge on any atom is 0.255 e. The fourth-order valence-corrected chi connectivity index (χ4v) is 4.01. The number of carbonyl (C=O) groups is 1. The first kappa shape index (κ1) is 20.1. The molecule has 6 nitrogen and oxygen atoms in total. The molecule has 0 aliphatic carbocycles. The fraction of sp³-hybridized carbons (Fsp3) is 0.278. The summed E-state index contributed by atoms with van der Waals surface area (Å²) in [7, 11) is -3.31. The van der Waals surface area contributed by atoms with Crippen molar-refractivity contribution in [2.45, 2.75) is 19.8 Å². The molecule has 1 aliphatic heterocycles. The van der Waals surface area contributed by atoms with Crippen LogP contribution in [0.1, 0.15) is 27.9 Å². The van der Waals surface area contributed by atoms with Crippen LogP contribution in [-0.4, -0.2) is 27.1 Å². The van der Waals surface area contributed by atoms with E-state index in [0.29, 0.717) is 29.2 Å². The Kier molecular flexibility index (Phi) is 5.83. The molecule has 3 N–H and O–H groups in total. The largest absolute Gasteiger partial charge is 0.399 e. The zero-order chi connectivity index (χ0) is 18.2. The summed E-state index contributed by atoms with van der Waals surface area (Å²) in [6.45, 7) is 2.37. The topological polar surface area (TPSA) is 92.5 Å². The van der Waals surface area contributed by atoms with Gasteiger partial charge in [0.25, 0.3) is 5.91 Å². The number of nitrogens with two attached hydrogens (primary N) is 1. The van der Waals surface area contributed by atoms with Crippen molar-refractivity contribution in [3.8, 4) is 0 Å². The third-order valence-corrected chi connectivity index (χ3v) is 5.51. The first-order valence-corrected chi connectivity index (χ1v) is 9.88. The van der Waals surface area contributed by atoms with E-state index < -0.39 is 10.0 Å². The van der Waals surface area contributed by atoms with Crippen molar-refractivity contribution in [2.75, 3.05) is 28.2 Å². The Morgan fingerprint density at radius 2 is 1.92 bits per heavy atom. The number of hydrogen-bond acceptors (Lipinski definition) is 4. The lowest BCUT2D eigenvalue weighted by molar-refractivity contribution is 0.102. The van der Waals surface area contributed by atoms with Crippen molar-refractivity contribution in [2.24, 2.45) is 0 Å². The fourth-order valence-electron chi connectivity index (χ4n) is 3.02. The van der Waals surface area contributed by atoms with E-state index in [0.717, 1.165) is 24.0 Å². The number of hydrogen-bond donors (Lipinski definition) is 2. The molecule has 0 atom stereocenters. The normalized spacial score (nSPS) is 13.5. The molecule has 3 rings (SSSR count). The number of fused-ring (bicyclic) bond motifs is 1. The van der Waals surface area contributed by atoms with E-state index in [1.54, 1.807) is 30.3 Å². The predicted molar refractivity (Wildman–Crippen MR) is 108 cm³/mol. The number of amides is 1. The molecule has 0 aromatic heterocycles. The van der Waals surface area contributed by atoms with Gasteiger partial charge in [0, 0.05) is 23.5 Å².